The maximum Gasteiger partial charge on any atom is 0.160 e. The number of pyridine rings is 3. The maximum atomic E-state index is 15.0. The zero-order valence-electron chi connectivity index (χ0n) is 21.3. The molecule has 1 N–H and O–H groups in total. The van der Waals surface area contributed by atoms with E-state index in [2.05, 4.69) is 42.3 Å². The first-order valence-electron chi connectivity index (χ1n) is 12.8. The highest BCUT2D eigenvalue weighted by Crippen LogP contribution is 2.36. The highest BCUT2D eigenvalue weighted by atomic mass is 19.1. The first kappa shape index (κ1) is 24.3. The Kier molecular flexibility index (Phi) is 6.19. The Hall–Kier alpha value is -4.04. The second-order valence-electron chi connectivity index (χ2n) is 10.2. The number of aromatic nitrogens is 5. The lowest BCUT2D eigenvalue weighted by Crippen LogP contribution is -2.29. The number of nitrogens with zero attached hydrogens (tertiary/aromatic N) is 5. The summed E-state index contributed by atoms with van der Waals surface area (Å²) in [7, 11) is 0. The lowest BCUT2D eigenvalue weighted by atomic mass is 9.95. The van der Waals surface area contributed by atoms with Crippen LogP contribution in [0.25, 0.3) is 44.5 Å². The predicted octanol–water partition coefficient (Wildman–Crippen LogP) is 6.49. The molecule has 0 unspecified atom stereocenters. The van der Waals surface area contributed by atoms with Gasteiger partial charge in [-0.15, -0.1) is 0 Å². The van der Waals surface area contributed by atoms with Crippen molar-refractivity contribution >= 4 is 11.0 Å². The van der Waals surface area contributed by atoms with Gasteiger partial charge in [-0.25, -0.2) is 18.7 Å². The summed E-state index contributed by atoms with van der Waals surface area (Å²) in [5.74, 6) is -0.469. The molecule has 0 spiro atoms. The van der Waals surface area contributed by atoms with E-state index in [0.29, 0.717) is 22.9 Å². The lowest BCUT2D eigenvalue weighted by molar-refractivity contribution is 0.221. The molecule has 0 radical (unpaired) electrons. The summed E-state index contributed by atoms with van der Waals surface area (Å²) in [6, 6.07) is 12.3. The van der Waals surface area contributed by atoms with Crippen LogP contribution in [0.3, 0.4) is 0 Å². The SMILES string of the molecule is CC(C)(F)c1ccc(F)c(-c2cc(-c3cncc(-c4cnn(C5CCNCC5)c4)c3)c3cccnc3n2)c1. The number of hydrogen-bond donors (Lipinski definition) is 1. The smallest absolute Gasteiger partial charge is 0.160 e. The van der Waals surface area contributed by atoms with E-state index in [1.54, 1.807) is 12.4 Å². The minimum Gasteiger partial charge on any atom is -0.317 e. The summed E-state index contributed by atoms with van der Waals surface area (Å²) < 4.78 is 31.8. The van der Waals surface area contributed by atoms with E-state index in [1.165, 1.54) is 32.0 Å². The molecule has 1 aliphatic heterocycles. The van der Waals surface area contributed by atoms with Gasteiger partial charge in [-0.05, 0) is 87.3 Å². The molecule has 6 rings (SSSR count). The van der Waals surface area contributed by atoms with Crippen LogP contribution in [-0.2, 0) is 5.67 Å². The van der Waals surface area contributed by atoms with E-state index < -0.39 is 11.5 Å². The van der Waals surface area contributed by atoms with Crippen molar-refractivity contribution in [1.29, 1.82) is 0 Å². The molecule has 1 saturated heterocycles. The third kappa shape index (κ3) is 4.67. The number of piperidine rings is 1. The van der Waals surface area contributed by atoms with E-state index in [4.69, 9.17) is 0 Å². The standard InChI is InChI=1S/C30H28F2N6/c1-30(2,32)22-5-6-27(31)26(13-22)28-14-25(24-4-3-9-35-29(24)37-28)20-12-19(15-34-16-20)21-17-36-38(18-21)23-7-10-33-11-8-23/h3-6,9,12-18,23,33H,7-8,10-11H2,1-2H3. The molecule has 4 aromatic heterocycles. The number of nitrogens with one attached hydrogen (secondary N) is 1. The van der Waals surface area contributed by atoms with Gasteiger partial charge in [0.25, 0.3) is 0 Å². The topological polar surface area (TPSA) is 68.5 Å². The van der Waals surface area contributed by atoms with Gasteiger partial charge in [-0.2, -0.15) is 5.10 Å². The third-order valence-electron chi connectivity index (χ3n) is 7.18. The van der Waals surface area contributed by atoms with Crippen molar-refractivity contribution in [2.45, 2.75) is 38.4 Å². The summed E-state index contributed by atoms with van der Waals surface area (Å²) in [6.45, 7) is 4.90. The highest BCUT2D eigenvalue weighted by Gasteiger charge is 2.22. The Morgan fingerprint density at radius 3 is 2.58 bits per heavy atom. The first-order chi connectivity index (χ1) is 18.4. The van der Waals surface area contributed by atoms with Crippen molar-refractivity contribution < 1.29 is 8.78 Å². The molecule has 1 fully saturated rings. The van der Waals surface area contributed by atoms with Gasteiger partial charge in [-0.3, -0.25) is 9.67 Å². The van der Waals surface area contributed by atoms with Crippen molar-refractivity contribution in [1.82, 2.24) is 30.0 Å². The lowest BCUT2D eigenvalue weighted by Gasteiger charge is -2.22. The van der Waals surface area contributed by atoms with Crippen molar-refractivity contribution in [2.75, 3.05) is 13.1 Å². The molecule has 0 aliphatic carbocycles. The van der Waals surface area contributed by atoms with E-state index in [1.807, 2.05) is 30.6 Å². The normalized spacial score (nSPS) is 14.7. The molecule has 0 amide bonds. The fourth-order valence-electron chi connectivity index (χ4n) is 5.03. The molecule has 6 nitrogen and oxygen atoms in total. The number of alkyl halides is 1. The van der Waals surface area contributed by atoms with Crippen molar-refractivity contribution in [3.63, 3.8) is 0 Å². The predicted molar refractivity (Wildman–Crippen MR) is 145 cm³/mol. The van der Waals surface area contributed by atoms with Crippen LogP contribution in [0.15, 0.2) is 73.4 Å². The van der Waals surface area contributed by atoms with Crippen LogP contribution >= 0.6 is 0 Å². The molecule has 8 heteroatoms. The van der Waals surface area contributed by atoms with Crippen LogP contribution in [0.1, 0.15) is 38.3 Å². The van der Waals surface area contributed by atoms with E-state index in [-0.39, 0.29) is 5.56 Å². The minimum absolute atomic E-state index is 0.231. The maximum absolute atomic E-state index is 15.0. The van der Waals surface area contributed by atoms with Gasteiger partial charge >= 0.3 is 0 Å². The van der Waals surface area contributed by atoms with Gasteiger partial charge < -0.3 is 5.32 Å². The Balaban J connectivity index is 1.45. The largest absolute Gasteiger partial charge is 0.317 e. The number of halogens is 2. The third-order valence-corrected chi connectivity index (χ3v) is 7.18. The average Bonchev–Trinajstić information content (AvgIpc) is 3.43. The van der Waals surface area contributed by atoms with Crippen LogP contribution < -0.4 is 5.32 Å². The van der Waals surface area contributed by atoms with Gasteiger partial charge in [0, 0.05) is 52.4 Å². The van der Waals surface area contributed by atoms with Gasteiger partial charge in [0.2, 0.25) is 0 Å². The zero-order chi connectivity index (χ0) is 26.3. The number of hydrogen-bond acceptors (Lipinski definition) is 5. The van der Waals surface area contributed by atoms with Crippen LogP contribution in [0.5, 0.6) is 0 Å². The van der Waals surface area contributed by atoms with Gasteiger partial charge in [0.15, 0.2) is 5.65 Å². The Morgan fingerprint density at radius 1 is 0.947 bits per heavy atom. The second kappa shape index (κ2) is 9.68. The van der Waals surface area contributed by atoms with Gasteiger partial charge in [-0.1, -0.05) is 6.07 Å². The molecule has 1 aliphatic rings. The monoisotopic (exact) mass is 510 g/mol. The number of rotatable bonds is 5. The second-order valence-corrected chi connectivity index (χ2v) is 10.2. The summed E-state index contributed by atoms with van der Waals surface area (Å²) in [5, 5.41) is 8.84. The molecular formula is C30H28F2N6. The summed E-state index contributed by atoms with van der Waals surface area (Å²) in [4.78, 5) is 13.6. The van der Waals surface area contributed by atoms with Crippen LogP contribution in [0.2, 0.25) is 0 Å². The Bertz CT molecular complexity index is 1620. The quantitative estimate of drug-likeness (QED) is 0.293. The average molecular weight is 511 g/mol. The summed E-state index contributed by atoms with van der Waals surface area (Å²) in [6.07, 6.45) is 11.3. The van der Waals surface area contributed by atoms with Crippen molar-refractivity contribution in [2.24, 2.45) is 0 Å². The summed E-state index contributed by atoms with van der Waals surface area (Å²) >= 11 is 0. The number of benzene rings is 1. The van der Waals surface area contributed by atoms with Crippen LogP contribution in [0, 0.1) is 5.82 Å². The van der Waals surface area contributed by atoms with Crippen molar-refractivity contribution in [3.8, 4) is 33.5 Å². The number of fused-ring (bicyclic) bond motifs is 1. The van der Waals surface area contributed by atoms with Crippen LogP contribution in [-0.4, -0.2) is 37.8 Å². The fourth-order valence-corrected chi connectivity index (χ4v) is 5.03. The van der Waals surface area contributed by atoms with Gasteiger partial charge in [0.05, 0.1) is 17.9 Å². The minimum atomic E-state index is -1.61. The molecule has 0 saturated carbocycles. The highest BCUT2D eigenvalue weighted by molar-refractivity contribution is 5.95. The van der Waals surface area contributed by atoms with Crippen molar-refractivity contribution in [3.05, 3.63) is 84.8 Å². The summed E-state index contributed by atoms with van der Waals surface area (Å²) in [5.41, 5.74) is 3.46. The zero-order valence-corrected chi connectivity index (χ0v) is 21.3. The molecule has 192 valence electrons. The first-order valence-corrected chi connectivity index (χ1v) is 12.8. The van der Waals surface area contributed by atoms with E-state index >= 15 is 4.39 Å². The molecule has 5 aromatic rings. The molecule has 38 heavy (non-hydrogen) atoms. The van der Waals surface area contributed by atoms with Crippen LogP contribution in [0.4, 0.5) is 8.78 Å². The Morgan fingerprint density at radius 2 is 1.76 bits per heavy atom. The molecule has 0 atom stereocenters. The van der Waals surface area contributed by atoms with E-state index in [0.717, 1.165) is 53.6 Å². The fraction of sp³-hybridized carbons (Fsp3) is 0.267. The molecule has 1 aromatic carbocycles. The van der Waals surface area contributed by atoms with Gasteiger partial charge in [0.1, 0.15) is 11.5 Å². The van der Waals surface area contributed by atoms with E-state index in [9.17, 15) is 4.39 Å². The molecule has 0 bridgehead atoms. The molecule has 5 heterocycles. The molecular weight excluding hydrogens is 482 g/mol. The Labute approximate surface area is 219 Å².